The summed E-state index contributed by atoms with van der Waals surface area (Å²) >= 11 is 0. The van der Waals surface area contributed by atoms with Gasteiger partial charge in [0, 0.05) is 32.7 Å². The first-order chi connectivity index (χ1) is 7.36. The summed E-state index contributed by atoms with van der Waals surface area (Å²) in [6.45, 7) is 1.49. The second-order valence-electron chi connectivity index (χ2n) is 3.79. The molecule has 1 aliphatic heterocycles. The lowest BCUT2D eigenvalue weighted by Gasteiger charge is -2.36. The van der Waals surface area contributed by atoms with Crippen molar-refractivity contribution >= 4 is 16.0 Å². The third-order valence-electron chi connectivity index (χ3n) is 2.69. The summed E-state index contributed by atoms with van der Waals surface area (Å²) in [5.41, 5.74) is 5.37. The summed E-state index contributed by atoms with van der Waals surface area (Å²) < 4.78 is 23.8. The molecule has 0 aromatic carbocycles. The molecule has 1 fully saturated rings. The Bertz CT molecular complexity index is 348. The molecule has 1 heterocycles. The lowest BCUT2D eigenvalue weighted by Crippen LogP contribution is -2.55. The van der Waals surface area contributed by atoms with Crippen LogP contribution in [0.5, 0.6) is 0 Å². The van der Waals surface area contributed by atoms with E-state index in [1.54, 1.807) is 4.90 Å². The third-order valence-corrected chi connectivity index (χ3v) is 3.99. The molecule has 94 valence electrons. The maximum Gasteiger partial charge on any atom is 0.322 e. The van der Waals surface area contributed by atoms with Gasteiger partial charge < -0.3 is 10.8 Å². The van der Waals surface area contributed by atoms with E-state index in [2.05, 4.69) is 0 Å². The Morgan fingerprint density at radius 2 is 1.88 bits per heavy atom. The molecule has 8 heteroatoms. The van der Waals surface area contributed by atoms with Gasteiger partial charge in [0.15, 0.2) is 0 Å². The zero-order valence-electron chi connectivity index (χ0n) is 9.16. The first-order valence-corrected chi connectivity index (χ1v) is 6.83. The molecule has 0 amide bonds. The molecule has 0 bridgehead atoms. The summed E-state index contributed by atoms with van der Waals surface area (Å²) in [6.07, 6.45) is 1.15. The fourth-order valence-corrected chi connectivity index (χ4v) is 2.58. The quantitative estimate of drug-likeness (QED) is 0.597. The Kier molecular flexibility index (Phi) is 4.25. The van der Waals surface area contributed by atoms with E-state index in [9.17, 15) is 13.2 Å². The first kappa shape index (κ1) is 13.4. The van der Waals surface area contributed by atoms with Crippen LogP contribution in [0.15, 0.2) is 0 Å². The molecule has 0 radical (unpaired) electrons. The highest BCUT2D eigenvalue weighted by Crippen LogP contribution is 2.08. The normalized spacial score (nSPS) is 21.9. The summed E-state index contributed by atoms with van der Waals surface area (Å²) in [5.74, 6) is -0.963. The van der Waals surface area contributed by atoms with Gasteiger partial charge in [-0.2, -0.15) is 4.31 Å². The number of aliphatic carboxylic acids is 1. The number of carbonyl (C=O) groups is 1. The zero-order valence-corrected chi connectivity index (χ0v) is 9.98. The second kappa shape index (κ2) is 5.09. The monoisotopic (exact) mass is 251 g/mol. The van der Waals surface area contributed by atoms with Crippen LogP contribution in [-0.2, 0) is 14.8 Å². The van der Waals surface area contributed by atoms with E-state index >= 15 is 0 Å². The van der Waals surface area contributed by atoms with Crippen LogP contribution in [0.25, 0.3) is 0 Å². The van der Waals surface area contributed by atoms with E-state index in [4.69, 9.17) is 10.8 Å². The average Bonchev–Trinajstić information content (AvgIpc) is 2.17. The van der Waals surface area contributed by atoms with Crippen molar-refractivity contribution in [1.29, 1.82) is 0 Å². The van der Waals surface area contributed by atoms with E-state index in [1.165, 1.54) is 4.31 Å². The molecule has 0 aromatic heterocycles. The topological polar surface area (TPSA) is 104 Å². The van der Waals surface area contributed by atoms with Gasteiger partial charge in [0.2, 0.25) is 10.0 Å². The molecule has 0 saturated carbocycles. The van der Waals surface area contributed by atoms with Crippen LogP contribution in [0.2, 0.25) is 0 Å². The molecule has 0 aliphatic carbocycles. The van der Waals surface area contributed by atoms with Gasteiger partial charge in [-0.3, -0.25) is 9.69 Å². The van der Waals surface area contributed by atoms with E-state index in [-0.39, 0.29) is 6.54 Å². The van der Waals surface area contributed by atoms with E-state index < -0.39 is 22.0 Å². The molecule has 1 atom stereocenters. The number of sulfonamides is 1. The molecule has 3 N–H and O–H groups in total. The maximum atomic E-state index is 11.2. The summed E-state index contributed by atoms with van der Waals surface area (Å²) in [5, 5.41) is 8.90. The lowest BCUT2D eigenvalue weighted by molar-refractivity contribution is -0.143. The SMILES string of the molecule is CS(=O)(=O)N1CCN([C@@H](CN)C(=O)O)CC1. The molecule has 0 spiro atoms. The number of nitrogens with two attached hydrogens (primary N) is 1. The van der Waals surface area contributed by atoms with Crippen molar-refractivity contribution in [2.75, 3.05) is 39.0 Å². The van der Waals surface area contributed by atoms with Crippen LogP contribution < -0.4 is 5.73 Å². The van der Waals surface area contributed by atoms with Gasteiger partial charge in [-0.25, -0.2) is 8.42 Å². The second-order valence-corrected chi connectivity index (χ2v) is 5.77. The molecular weight excluding hydrogens is 234 g/mol. The van der Waals surface area contributed by atoms with Crippen molar-refractivity contribution in [2.45, 2.75) is 6.04 Å². The van der Waals surface area contributed by atoms with Gasteiger partial charge in [-0.05, 0) is 0 Å². The van der Waals surface area contributed by atoms with Crippen LogP contribution in [0.3, 0.4) is 0 Å². The van der Waals surface area contributed by atoms with Crippen molar-refractivity contribution in [3.8, 4) is 0 Å². The largest absolute Gasteiger partial charge is 0.480 e. The summed E-state index contributed by atoms with van der Waals surface area (Å²) in [4.78, 5) is 12.6. The standard InChI is InChI=1S/C8H17N3O4S/c1-16(14,15)11-4-2-10(3-5-11)7(6-9)8(12)13/h7H,2-6,9H2,1H3,(H,12,13)/t7-/m0/s1. The van der Waals surface area contributed by atoms with Crippen molar-refractivity contribution < 1.29 is 18.3 Å². The number of rotatable bonds is 4. The first-order valence-electron chi connectivity index (χ1n) is 4.98. The smallest absolute Gasteiger partial charge is 0.322 e. The van der Waals surface area contributed by atoms with Gasteiger partial charge in [0.05, 0.1) is 6.26 Å². The van der Waals surface area contributed by atoms with Crippen molar-refractivity contribution in [2.24, 2.45) is 5.73 Å². The highest BCUT2D eigenvalue weighted by atomic mass is 32.2. The Morgan fingerprint density at radius 3 is 2.19 bits per heavy atom. The Labute approximate surface area is 94.9 Å². The summed E-state index contributed by atoms with van der Waals surface area (Å²) in [7, 11) is -3.17. The van der Waals surface area contributed by atoms with E-state index in [1.807, 2.05) is 0 Å². The number of carboxylic acid groups (broad SMARTS) is 1. The predicted molar refractivity (Wildman–Crippen MR) is 58.5 cm³/mol. The maximum absolute atomic E-state index is 11.2. The number of carboxylic acids is 1. The average molecular weight is 251 g/mol. The van der Waals surface area contributed by atoms with Gasteiger partial charge in [-0.15, -0.1) is 0 Å². The third kappa shape index (κ3) is 3.14. The molecule has 1 saturated heterocycles. The highest BCUT2D eigenvalue weighted by Gasteiger charge is 2.30. The minimum absolute atomic E-state index is 0.0359. The number of hydrogen-bond acceptors (Lipinski definition) is 5. The predicted octanol–water partition coefficient (Wildman–Crippen LogP) is -2.02. The Morgan fingerprint density at radius 1 is 1.38 bits per heavy atom. The van der Waals surface area contributed by atoms with E-state index in [0.717, 1.165) is 6.26 Å². The van der Waals surface area contributed by atoms with Crippen molar-refractivity contribution in [3.63, 3.8) is 0 Å². The zero-order chi connectivity index (χ0) is 12.3. The van der Waals surface area contributed by atoms with Gasteiger partial charge in [0.25, 0.3) is 0 Å². The Balaban J connectivity index is 2.58. The molecule has 7 nitrogen and oxygen atoms in total. The summed E-state index contributed by atoms with van der Waals surface area (Å²) in [6, 6.07) is -0.721. The van der Waals surface area contributed by atoms with Crippen LogP contribution in [0.4, 0.5) is 0 Å². The van der Waals surface area contributed by atoms with Gasteiger partial charge in [0.1, 0.15) is 6.04 Å². The minimum Gasteiger partial charge on any atom is -0.480 e. The molecular formula is C8H17N3O4S. The fraction of sp³-hybridized carbons (Fsp3) is 0.875. The van der Waals surface area contributed by atoms with Gasteiger partial charge >= 0.3 is 5.97 Å². The number of hydrogen-bond donors (Lipinski definition) is 2. The van der Waals surface area contributed by atoms with Crippen LogP contribution >= 0.6 is 0 Å². The molecule has 0 unspecified atom stereocenters. The van der Waals surface area contributed by atoms with E-state index in [0.29, 0.717) is 26.2 Å². The van der Waals surface area contributed by atoms with Crippen LogP contribution in [-0.4, -0.2) is 73.7 Å². The highest BCUT2D eigenvalue weighted by molar-refractivity contribution is 7.88. The minimum atomic E-state index is -3.17. The van der Waals surface area contributed by atoms with Crippen molar-refractivity contribution in [1.82, 2.24) is 9.21 Å². The van der Waals surface area contributed by atoms with Gasteiger partial charge in [-0.1, -0.05) is 0 Å². The molecule has 16 heavy (non-hydrogen) atoms. The molecule has 0 aromatic rings. The molecule has 1 aliphatic rings. The number of piperazine rings is 1. The van der Waals surface area contributed by atoms with Crippen LogP contribution in [0, 0.1) is 0 Å². The van der Waals surface area contributed by atoms with Crippen molar-refractivity contribution in [3.05, 3.63) is 0 Å². The Hall–Kier alpha value is -0.700. The number of nitrogens with zero attached hydrogens (tertiary/aromatic N) is 2. The molecule has 1 rings (SSSR count). The lowest BCUT2D eigenvalue weighted by atomic mass is 10.2. The van der Waals surface area contributed by atoms with Crippen LogP contribution in [0.1, 0.15) is 0 Å². The fourth-order valence-electron chi connectivity index (χ4n) is 1.75.